The van der Waals surface area contributed by atoms with Crippen molar-refractivity contribution in [2.24, 2.45) is 0 Å². The quantitative estimate of drug-likeness (QED) is 0.476. The second-order valence-electron chi connectivity index (χ2n) is 4.36. The molecular formula is C10H12N2O5. The molecule has 0 fully saturated rings. The minimum absolute atomic E-state index is 0.370. The zero-order valence-corrected chi connectivity index (χ0v) is 9.64. The van der Waals surface area contributed by atoms with Gasteiger partial charge in [-0.2, -0.15) is 0 Å². The van der Waals surface area contributed by atoms with Crippen molar-refractivity contribution in [3.05, 3.63) is 38.3 Å². The maximum Gasteiger partial charge on any atom is 0.344 e. The van der Waals surface area contributed by atoms with Crippen molar-refractivity contribution in [1.29, 1.82) is 0 Å². The average Bonchev–Trinajstić information content (AvgIpc) is 2.14. The van der Waals surface area contributed by atoms with Crippen LogP contribution >= 0.6 is 0 Å². The van der Waals surface area contributed by atoms with Gasteiger partial charge in [0.15, 0.2) is 0 Å². The van der Waals surface area contributed by atoms with Gasteiger partial charge in [0.05, 0.1) is 11.1 Å². The maximum absolute atomic E-state index is 11.6. The summed E-state index contributed by atoms with van der Waals surface area (Å²) in [5.74, 6) is -0.887. The molecule has 0 atom stereocenters. The first-order valence-corrected chi connectivity index (χ1v) is 4.81. The van der Waals surface area contributed by atoms with E-state index in [0.29, 0.717) is 0 Å². The highest BCUT2D eigenvalue weighted by molar-refractivity contribution is 5.89. The topological polar surface area (TPSA) is 102 Å². The van der Waals surface area contributed by atoms with Crippen LogP contribution in [0.4, 0.5) is 5.69 Å². The van der Waals surface area contributed by atoms with E-state index in [-0.39, 0.29) is 11.3 Å². The molecule has 7 nitrogen and oxygen atoms in total. The van der Waals surface area contributed by atoms with E-state index >= 15 is 0 Å². The van der Waals surface area contributed by atoms with Gasteiger partial charge in [0, 0.05) is 6.07 Å². The Morgan fingerprint density at radius 3 is 2.53 bits per heavy atom. The number of ether oxygens (including phenoxy) is 1. The molecule has 1 aromatic rings. The zero-order chi connectivity index (χ0) is 13.2. The Kier molecular flexibility index (Phi) is 3.31. The van der Waals surface area contributed by atoms with E-state index in [2.05, 4.69) is 4.98 Å². The van der Waals surface area contributed by atoms with E-state index in [1.165, 1.54) is 0 Å². The fourth-order valence-corrected chi connectivity index (χ4v) is 1.06. The van der Waals surface area contributed by atoms with Gasteiger partial charge >= 0.3 is 5.97 Å². The third-order valence-electron chi connectivity index (χ3n) is 1.72. The normalized spacial score (nSPS) is 11.0. The predicted octanol–water partition coefficient (Wildman–Crippen LogP) is 1.24. The van der Waals surface area contributed by atoms with Gasteiger partial charge < -0.3 is 9.72 Å². The Morgan fingerprint density at radius 2 is 2.06 bits per heavy atom. The largest absolute Gasteiger partial charge is 0.456 e. The molecule has 0 aliphatic heterocycles. The molecule has 7 heteroatoms. The predicted molar refractivity (Wildman–Crippen MR) is 58.9 cm³/mol. The van der Waals surface area contributed by atoms with E-state index in [1.54, 1.807) is 20.8 Å². The SMILES string of the molecule is CC(C)(C)OC(=O)c1cc([N+](=O)[O-])c[nH]c1=O. The van der Waals surface area contributed by atoms with Crippen LogP contribution in [0.1, 0.15) is 31.1 Å². The Hall–Kier alpha value is -2.18. The number of nitrogens with zero attached hydrogens (tertiary/aromatic N) is 1. The molecule has 92 valence electrons. The number of carbonyl (C=O) groups excluding carboxylic acids is 1. The molecule has 0 saturated carbocycles. The van der Waals surface area contributed by atoms with Crippen molar-refractivity contribution >= 4 is 11.7 Å². The van der Waals surface area contributed by atoms with Gasteiger partial charge in [-0.05, 0) is 20.8 Å². The number of H-pyrrole nitrogens is 1. The van der Waals surface area contributed by atoms with Crippen LogP contribution in [-0.4, -0.2) is 21.5 Å². The monoisotopic (exact) mass is 240 g/mol. The highest BCUT2D eigenvalue weighted by Gasteiger charge is 2.22. The number of aromatic amines is 1. The molecule has 0 radical (unpaired) electrons. The van der Waals surface area contributed by atoms with Gasteiger partial charge in [0.25, 0.3) is 11.2 Å². The van der Waals surface area contributed by atoms with Crippen LogP contribution in [-0.2, 0) is 4.74 Å². The summed E-state index contributed by atoms with van der Waals surface area (Å²) in [6, 6.07) is 0.896. The number of esters is 1. The lowest BCUT2D eigenvalue weighted by molar-refractivity contribution is -0.385. The van der Waals surface area contributed by atoms with Crippen molar-refractivity contribution in [2.75, 3.05) is 0 Å². The maximum atomic E-state index is 11.6. The number of nitrogens with one attached hydrogen (secondary N) is 1. The number of nitro groups is 1. The minimum Gasteiger partial charge on any atom is -0.456 e. The van der Waals surface area contributed by atoms with Gasteiger partial charge in [-0.3, -0.25) is 14.9 Å². The fourth-order valence-electron chi connectivity index (χ4n) is 1.06. The third kappa shape index (κ3) is 3.40. The summed E-state index contributed by atoms with van der Waals surface area (Å²) in [4.78, 5) is 34.9. The Bertz CT molecular complexity index is 512. The Labute approximate surface area is 96.6 Å². The standard InChI is InChI=1S/C10H12N2O5/c1-10(2,3)17-9(14)7-4-6(12(15)16)5-11-8(7)13/h4-5H,1-3H3,(H,11,13). The van der Waals surface area contributed by atoms with E-state index < -0.39 is 22.1 Å². The second-order valence-corrected chi connectivity index (χ2v) is 4.36. The molecule has 0 aliphatic carbocycles. The third-order valence-corrected chi connectivity index (χ3v) is 1.72. The summed E-state index contributed by atoms with van der Waals surface area (Å²) in [5, 5.41) is 10.5. The number of rotatable bonds is 2. The van der Waals surface area contributed by atoms with Crippen molar-refractivity contribution in [3.63, 3.8) is 0 Å². The van der Waals surface area contributed by atoms with Crippen LogP contribution in [0.2, 0.25) is 0 Å². The van der Waals surface area contributed by atoms with Gasteiger partial charge in [0.1, 0.15) is 11.2 Å². The van der Waals surface area contributed by atoms with Crippen LogP contribution in [0, 0.1) is 10.1 Å². The lowest BCUT2D eigenvalue weighted by Crippen LogP contribution is -2.28. The first kappa shape index (κ1) is 12.9. The number of pyridine rings is 1. The zero-order valence-electron chi connectivity index (χ0n) is 9.64. The van der Waals surface area contributed by atoms with E-state index in [9.17, 15) is 19.7 Å². The van der Waals surface area contributed by atoms with Gasteiger partial charge in [0.2, 0.25) is 0 Å². The average molecular weight is 240 g/mol. The van der Waals surface area contributed by atoms with E-state index in [0.717, 1.165) is 12.3 Å². The minimum atomic E-state index is -0.887. The van der Waals surface area contributed by atoms with Gasteiger partial charge in [-0.1, -0.05) is 0 Å². The van der Waals surface area contributed by atoms with Crippen LogP contribution in [0.3, 0.4) is 0 Å². The summed E-state index contributed by atoms with van der Waals surface area (Å²) in [7, 11) is 0. The first-order chi connectivity index (χ1) is 7.70. The summed E-state index contributed by atoms with van der Waals surface area (Å²) in [5.41, 5.74) is -2.24. The first-order valence-electron chi connectivity index (χ1n) is 4.81. The lowest BCUT2D eigenvalue weighted by Gasteiger charge is -2.18. The Balaban J connectivity index is 3.13. The van der Waals surface area contributed by atoms with Crippen molar-refractivity contribution < 1.29 is 14.5 Å². The fraction of sp³-hybridized carbons (Fsp3) is 0.400. The highest BCUT2D eigenvalue weighted by atomic mass is 16.6. The molecule has 17 heavy (non-hydrogen) atoms. The molecule has 1 N–H and O–H groups in total. The van der Waals surface area contributed by atoms with Crippen molar-refractivity contribution in [3.8, 4) is 0 Å². The number of aromatic nitrogens is 1. The molecule has 0 amide bonds. The second kappa shape index (κ2) is 4.36. The van der Waals surface area contributed by atoms with E-state index in [1.807, 2.05) is 0 Å². The van der Waals surface area contributed by atoms with E-state index in [4.69, 9.17) is 4.74 Å². The highest BCUT2D eigenvalue weighted by Crippen LogP contribution is 2.13. The number of carbonyl (C=O) groups is 1. The van der Waals surface area contributed by atoms with Crippen LogP contribution < -0.4 is 5.56 Å². The molecule has 1 aromatic heterocycles. The summed E-state index contributed by atoms with van der Waals surface area (Å²) in [6.07, 6.45) is 0.927. The molecular weight excluding hydrogens is 228 g/mol. The molecule has 0 aliphatic rings. The lowest BCUT2D eigenvalue weighted by atomic mass is 10.2. The Morgan fingerprint density at radius 1 is 1.47 bits per heavy atom. The number of hydrogen-bond acceptors (Lipinski definition) is 5. The van der Waals surface area contributed by atoms with Crippen molar-refractivity contribution in [1.82, 2.24) is 4.98 Å². The summed E-state index contributed by atoms with van der Waals surface area (Å²) >= 11 is 0. The molecule has 0 unspecified atom stereocenters. The van der Waals surface area contributed by atoms with Crippen molar-refractivity contribution in [2.45, 2.75) is 26.4 Å². The molecule has 0 saturated heterocycles. The molecule has 0 spiro atoms. The molecule has 1 rings (SSSR count). The van der Waals surface area contributed by atoms with Crippen LogP contribution in [0.15, 0.2) is 17.1 Å². The summed E-state index contributed by atoms with van der Waals surface area (Å²) in [6.45, 7) is 4.91. The number of hydrogen-bond donors (Lipinski definition) is 1. The van der Waals surface area contributed by atoms with Crippen LogP contribution in [0.25, 0.3) is 0 Å². The smallest absolute Gasteiger partial charge is 0.344 e. The van der Waals surface area contributed by atoms with Crippen LogP contribution in [0.5, 0.6) is 0 Å². The molecule has 0 aromatic carbocycles. The molecule has 1 heterocycles. The molecule has 0 bridgehead atoms. The van der Waals surface area contributed by atoms with Gasteiger partial charge in [-0.15, -0.1) is 0 Å². The summed E-state index contributed by atoms with van der Waals surface area (Å²) < 4.78 is 4.96. The van der Waals surface area contributed by atoms with Gasteiger partial charge in [-0.25, -0.2) is 4.79 Å².